The summed E-state index contributed by atoms with van der Waals surface area (Å²) in [6, 6.07) is 1.91. The molecule has 0 bridgehead atoms. The van der Waals surface area contributed by atoms with Crippen LogP contribution in [0.5, 0.6) is 0 Å². The third-order valence-electron chi connectivity index (χ3n) is 5.07. The van der Waals surface area contributed by atoms with Crippen LogP contribution in [0.3, 0.4) is 0 Å². The van der Waals surface area contributed by atoms with Gasteiger partial charge >= 0.3 is 0 Å². The second-order valence-corrected chi connectivity index (χ2v) is 7.10. The Labute approximate surface area is 159 Å². The van der Waals surface area contributed by atoms with Gasteiger partial charge in [-0.2, -0.15) is 0 Å². The van der Waals surface area contributed by atoms with E-state index in [0.717, 1.165) is 30.6 Å². The molecule has 0 radical (unpaired) electrons. The van der Waals surface area contributed by atoms with Crippen LogP contribution in [0.25, 0.3) is 0 Å². The zero-order chi connectivity index (χ0) is 19.4. The Morgan fingerprint density at radius 3 is 2.59 bits per heavy atom. The number of furan rings is 1. The van der Waals surface area contributed by atoms with Crippen LogP contribution in [0.15, 0.2) is 29.2 Å². The molecule has 7 nitrogen and oxygen atoms in total. The first kappa shape index (κ1) is 19.1. The van der Waals surface area contributed by atoms with Gasteiger partial charge in [-0.15, -0.1) is 0 Å². The van der Waals surface area contributed by atoms with Crippen molar-refractivity contribution in [1.82, 2.24) is 19.8 Å². The third-order valence-corrected chi connectivity index (χ3v) is 5.07. The molecule has 1 atom stereocenters. The molecule has 2 aromatic rings. The predicted molar refractivity (Wildman–Crippen MR) is 100.0 cm³/mol. The van der Waals surface area contributed by atoms with Gasteiger partial charge < -0.3 is 14.2 Å². The fourth-order valence-corrected chi connectivity index (χ4v) is 3.71. The summed E-state index contributed by atoms with van der Waals surface area (Å²) in [6.45, 7) is 7.08. The van der Waals surface area contributed by atoms with Crippen LogP contribution in [0.1, 0.15) is 53.6 Å². The molecule has 144 valence electrons. The molecule has 7 heteroatoms. The molecule has 1 saturated heterocycles. The van der Waals surface area contributed by atoms with Crippen molar-refractivity contribution in [3.05, 3.63) is 47.4 Å². The van der Waals surface area contributed by atoms with Gasteiger partial charge in [0, 0.05) is 50.6 Å². The highest BCUT2D eigenvalue weighted by molar-refractivity contribution is 5.95. The summed E-state index contributed by atoms with van der Waals surface area (Å²) in [7, 11) is 0. The molecule has 27 heavy (non-hydrogen) atoms. The van der Waals surface area contributed by atoms with Crippen LogP contribution < -0.4 is 0 Å². The molecule has 0 aromatic carbocycles. The Morgan fingerprint density at radius 2 is 1.96 bits per heavy atom. The number of hydrogen-bond donors (Lipinski definition) is 0. The minimum Gasteiger partial charge on any atom is -0.466 e. The minimum atomic E-state index is 0.0100. The zero-order valence-corrected chi connectivity index (χ0v) is 16.1. The van der Waals surface area contributed by atoms with Crippen LogP contribution in [0, 0.1) is 13.8 Å². The Morgan fingerprint density at radius 1 is 1.22 bits per heavy atom. The van der Waals surface area contributed by atoms with E-state index in [1.165, 1.54) is 6.33 Å². The number of amides is 2. The molecule has 0 N–H and O–H groups in total. The van der Waals surface area contributed by atoms with E-state index < -0.39 is 0 Å². The summed E-state index contributed by atoms with van der Waals surface area (Å²) < 4.78 is 5.50. The summed E-state index contributed by atoms with van der Waals surface area (Å²) in [6.07, 6.45) is 7.45. The smallest absolute Gasteiger partial charge is 0.257 e. The summed E-state index contributed by atoms with van der Waals surface area (Å²) in [4.78, 5) is 36.9. The highest BCUT2D eigenvalue weighted by atomic mass is 16.3. The first-order chi connectivity index (χ1) is 13.0. The molecular weight excluding hydrogens is 344 g/mol. The number of carbonyl (C=O) groups is 2. The maximum Gasteiger partial charge on any atom is 0.257 e. The van der Waals surface area contributed by atoms with E-state index in [0.29, 0.717) is 31.0 Å². The van der Waals surface area contributed by atoms with Gasteiger partial charge in [0.1, 0.15) is 17.8 Å². The summed E-state index contributed by atoms with van der Waals surface area (Å²) in [5.41, 5.74) is 1.55. The number of rotatable bonds is 4. The lowest BCUT2D eigenvalue weighted by Crippen LogP contribution is -2.39. The molecule has 0 unspecified atom stereocenters. The van der Waals surface area contributed by atoms with Gasteiger partial charge in [-0.05, 0) is 39.2 Å². The van der Waals surface area contributed by atoms with Gasteiger partial charge in [0.25, 0.3) is 5.91 Å². The van der Waals surface area contributed by atoms with Gasteiger partial charge in [0.2, 0.25) is 5.91 Å². The van der Waals surface area contributed by atoms with Gasteiger partial charge in [-0.3, -0.25) is 9.59 Å². The molecule has 0 aliphatic carbocycles. The molecule has 0 spiro atoms. The molecule has 0 saturated carbocycles. The van der Waals surface area contributed by atoms with E-state index in [2.05, 4.69) is 9.97 Å². The Kier molecular flexibility index (Phi) is 5.88. The van der Waals surface area contributed by atoms with E-state index in [9.17, 15) is 9.59 Å². The van der Waals surface area contributed by atoms with Gasteiger partial charge in [0.05, 0.1) is 5.56 Å². The van der Waals surface area contributed by atoms with Crippen LogP contribution in [0.2, 0.25) is 0 Å². The first-order valence-corrected chi connectivity index (χ1v) is 9.33. The van der Waals surface area contributed by atoms with Gasteiger partial charge in [0.15, 0.2) is 0 Å². The number of hydrogen-bond acceptors (Lipinski definition) is 5. The maximum absolute atomic E-state index is 12.9. The van der Waals surface area contributed by atoms with Crippen molar-refractivity contribution in [2.75, 3.05) is 13.1 Å². The molecule has 2 aromatic heterocycles. The van der Waals surface area contributed by atoms with E-state index in [1.807, 2.05) is 23.6 Å². The Hall–Kier alpha value is -2.70. The number of carbonyl (C=O) groups excluding carboxylic acids is 2. The van der Waals surface area contributed by atoms with E-state index >= 15 is 0 Å². The quantitative estimate of drug-likeness (QED) is 0.827. The van der Waals surface area contributed by atoms with Crippen LogP contribution in [-0.2, 0) is 11.3 Å². The first-order valence-electron chi connectivity index (χ1n) is 9.33. The van der Waals surface area contributed by atoms with Gasteiger partial charge in [-0.1, -0.05) is 0 Å². The Balaban J connectivity index is 1.68. The number of aromatic nitrogens is 2. The predicted octanol–water partition coefficient (Wildman–Crippen LogP) is 2.73. The molecular formula is C20H26N4O3. The van der Waals surface area contributed by atoms with Crippen molar-refractivity contribution in [2.45, 2.75) is 52.6 Å². The summed E-state index contributed by atoms with van der Waals surface area (Å²) in [5, 5.41) is 0. The van der Waals surface area contributed by atoms with Crippen molar-refractivity contribution in [2.24, 2.45) is 0 Å². The van der Waals surface area contributed by atoms with E-state index in [1.54, 1.807) is 25.4 Å². The molecule has 1 fully saturated rings. The van der Waals surface area contributed by atoms with Crippen molar-refractivity contribution in [3.8, 4) is 0 Å². The normalized spacial score (nSPS) is 17.4. The average Bonchev–Trinajstić information content (AvgIpc) is 2.84. The van der Waals surface area contributed by atoms with E-state index in [-0.39, 0.29) is 17.9 Å². The number of likely N-dealkylation sites (tertiary alicyclic amines) is 1. The van der Waals surface area contributed by atoms with Crippen LogP contribution in [-0.4, -0.2) is 50.7 Å². The highest BCUT2D eigenvalue weighted by Gasteiger charge is 2.28. The standard InChI is InChI=1S/C20H26N4O3/c1-14-9-19(15(2)27-14)20(26)23-7-4-5-18(6-8-23)24(16(3)25)12-17-10-21-13-22-11-17/h9-11,13,18H,4-8,12H2,1-3H3/t18-/m1/s1. The van der Waals surface area contributed by atoms with Crippen LogP contribution in [0.4, 0.5) is 0 Å². The number of nitrogens with zero attached hydrogens (tertiary/aromatic N) is 4. The lowest BCUT2D eigenvalue weighted by Gasteiger charge is -2.30. The molecule has 3 rings (SSSR count). The van der Waals surface area contributed by atoms with Crippen LogP contribution >= 0.6 is 0 Å². The second kappa shape index (κ2) is 8.33. The molecule has 2 amide bonds. The zero-order valence-electron chi connectivity index (χ0n) is 16.1. The third kappa shape index (κ3) is 4.53. The van der Waals surface area contributed by atoms with Crippen molar-refractivity contribution >= 4 is 11.8 Å². The highest BCUT2D eigenvalue weighted by Crippen LogP contribution is 2.22. The lowest BCUT2D eigenvalue weighted by molar-refractivity contribution is -0.132. The molecule has 1 aliphatic heterocycles. The fraction of sp³-hybridized carbons (Fsp3) is 0.500. The SMILES string of the molecule is CC(=O)N(Cc1cncnc1)[C@@H]1CCCN(C(=O)c2cc(C)oc2C)CC1. The van der Waals surface area contributed by atoms with E-state index in [4.69, 9.17) is 4.42 Å². The lowest BCUT2D eigenvalue weighted by atomic mass is 10.1. The Bertz CT molecular complexity index is 803. The maximum atomic E-state index is 12.9. The minimum absolute atomic E-state index is 0.0100. The monoisotopic (exact) mass is 370 g/mol. The average molecular weight is 370 g/mol. The molecule has 1 aliphatic rings. The fourth-order valence-electron chi connectivity index (χ4n) is 3.71. The number of aryl methyl sites for hydroxylation is 2. The topological polar surface area (TPSA) is 79.5 Å². The van der Waals surface area contributed by atoms with Crippen molar-refractivity contribution < 1.29 is 14.0 Å². The summed E-state index contributed by atoms with van der Waals surface area (Å²) >= 11 is 0. The summed E-state index contributed by atoms with van der Waals surface area (Å²) in [5.74, 6) is 1.45. The second-order valence-electron chi connectivity index (χ2n) is 7.10. The largest absolute Gasteiger partial charge is 0.466 e. The van der Waals surface area contributed by atoms with Gasteiger partial charge in [-0.25, -0.2) is 9.97 Å². The van der Waals surface area contributed by atoms with Crippen molar-refractivity contribution in [1.29, 1.82) is 0 Å². The molecule has 3 heterocycles. The van der Waals surface area contributed by atoms with Crippen molar-refractivity contribution in [3.63, 3.8) is 0 Å².